The van der Waals surface area contributed by atoms with Crippen molar-refractivity contribution in [2.75, 3.05) is 30.3 Å². The van der Waals surface area contributed by atoms with Crippen molar-refractivity contribution < 1.29 is 18.0 Å². The van der Waals surface area contributed by atoms with Crippen LogP contribution in [0, 0.1) is 6.92 Å². The normalized spacial score (nSPS) is 12.1. The van der Waals surface area contributed by atoms with Crippen LogP contribution in [0.3, 0.4) is 0 Å². The van der Waals surface area contributed by atoms with Crippen LogP contribution in [-0.4, -0.2) is 45.6 Å². The standard InChI is InChI=1S/C23H29N7O5S/c1-14-10-11-17(22(32)30(14)19(21(24)31)12-13-35-27-23(25)26)28-36(33,34)20-9-5-6-15-16(20)7-4-8-18(15)29(2)3/h4-11,19,28H,12-13H2,1-3H3,(H2,24,31)(H4,25,26,27). The molecule has 12 nitrogen and oxygen atoms in total. The number of hydrogen-bond acceptors (Lipinski definition) is 7. The molecule has 13 heteroatoms. The molecule has 0 saturated carbocycles. The number of sulfonamides is 1. The van der Waals surface area contributed by atoms with Gasteiger partial charge in [0.05, 0.1) is 4.90 Å². The molecule has 0 bridgehead atoms. The third kappa shape index (κ3) is 5.51. The summed E-state index contributed by atoms with van der Waals surface area (Å²) in [5.74, 6) is -1.11. The maximum absolute atomic E-state index is 13.4. The molecule has 0 spiro atoms. The van der Waals surface area contributed by atoms with Gasteiger partial charge in [-0.15, -0.1) is 0 Å². The van der Waals surface area contributed by atoms with Gasteiger partial charge in [0, 0.05) is 42.7 Å². The second-order valence-corrected chi connectivity index (χ2v) is 9.90. The van der Waals surface area contributed by atoms with Gasteiger partial charge in [-0.05, 0) is 36.3 Å². The summed E-state index contributed by atoms with van der Waals surface area (Å²) in [6.07, 6.45) is -0.0281. The third-order valence-corrected chi connectivity index (χ3v) is 6.91. The van der Waals surface area contributed by atoms with Gasteiger partial charge in [0.15, 0.2) is 0 Å². The van der Waals surface area contributed by atoms with Gasteiger partial charge in [-0.25, -0.2) is 8.42 Å². The fourth-order valence-electron chi connectivity index (χ4n) is 3.88. The summed E-state index contributed by atoms with van der Waals surface area (Å²) in [5.41, 5.74) is 16.2. The molecule has 0 aliphatic heterocycles. The molecule has 3 aromatic rings. The Kier molecular flexibility index (Phi) is 7.73. The maximum Gasteiger partial charge on any atom is 0.275 e. The number of benzene rings is 2. The third-order valence-electron chi connectivity index (χ3n) is 5.49. The van der Waals surface area contributed by atoms with E-state index < -0.39 is 27.5 Å². The van der Waals surface area contributed by atoms with Crippen molar-refractivity contribution in [1.29, 1.82) is 0 Å². The summed E-state index contributed by atoms with van der Waals surface area (Å²) in [6.45, 7) is 1.48. The maximum atomic E-state index is 13.4. The summed E-state index contributed by atoms with van der Waals surface area (Å²) in [6, 6.07) is 12.0. The van der Waals surface area contributed by atoms with Gasteiger partial charge in [-0.1, -0.05) is 24.3 Å². The van der Waals surface area contributed by atoms with Crippen LogP contribution in [0.15, 0.2) is 63.4 Å². The molecule has 0 aliphatic rings. The largest absolute Gasteiger partial charge is 0.393 e. The number of amides is 1. The van der Waals surface area contributed by atoms with Crippen LogP contribution >= 0.6 is 0 Å². The van der Waals surface area contributed by atoms with Crippen molar-refractivity contribution in [3.63, 3.8) is 0 Å². The summed E-state index contributed by atoms with van der Waals surface area (Å²) >= 11 is 0. The van der Waals surface area contributed by atoms with Crippen molar-refractivity contribution in [1.82, 2.24) is 4.57 Å². The van der Waals surface area contributed by atoms with Gasteiger partial charge < -0.3 is 26.9 Å². The first-order chi connectivity index (χ1) is 16.9. The molecule has 36 heavy (non-hydrogen) atoms. The predicted octanol–water partition coefficient (Wildman–Crippen LogP) is 0.798. The van der Waals surface area contributed by atoms with E-state index in [4.69, 9.17) is 22.0 Å². The Morgan fingerprint density at radius 1 is 1.08 bits per heavy atom. The number of rotatable bonds is 10. The number of oxime groups is 1. The van der Waals surface area contributed by atoms with E-state index in [9.17, 15) is 18.0 Å². The molecule has 1 unspecified atom stereocenters. The molecular formula is C23H29N7O5S. The summed E-state index contributed by atoms with van der Waals surface area (Å²) in [7, 11) is -0.456. The van der Waals surface area contributed by atoms with Gasteiger partial charge in [-0.2, -0.15) is 0 Å². The Bertz CT molecular complexity index is 1480. The quantitative estimate of drug-likeness (QED) is 0.132. The van der Waals surface area contributed by atoms with E-state index in [1.165, 1.54) is 18.2 Å². The van der Waals surface area contributed by atoms with E-state index >= 15 is 0 Å². The average Bonchev–Trinajstić information content (AvgIpc) is 2.81. The average molecular weight is 516 g/mol. The molecule has 7 N–H and O–H groups in total. The van der Waals surface area contributed by atoms with Crippen LogP contribution in [-0.2, 0) is 19.7 Å². The highest BCUT2D eigenvalue weighted by Gasteiger charge is 2.25. The van der Waals surface area contributed by atoms with E-state index in [2.05, 4.69) is 9.88 Å². The molecule has 0 radical (unpaired) electrons. The second kappa shape index (κ2) is 10.6. The number of carbonyl (C=O) groups excluding carboxylic acids is 1. The van der Waals surface area contributed by atoms with Gasteiger partial charge in [-0.3, -0.25) is 18.9 Å². The van der Waals surface area contributed by atoms with Gasteiger partial charge >= 0.3 is 0 Å². The van der Waals surface area contributed by atoms with Gasteiger partial charge in [0.1, 0.15) is 18.3 Å². The Morgan fingerprint density at radius 2 is 1.75 bits per heavy atom. The van der Waals surface area contributed by atoms with E-state index in [0.29, 0.717) is 11.1 Å². The Balaban J connectivity index is 2.02. The number of nitrogens with zero attached hydrogens (tertiary/aromatic N) is 3. The van der Waals surface area contributed by atoms with Crippen LogP contribution in [0.25, 0.3) is 10.8 Å². The molecule has 2 aromatic carbocycles. The molecule has 3 rings (SSSR count). The Morgan fingerprint density at radius 3 is 2.39 bits per heavy atom. The number of hydrogen-bond donors (Lipinski definition) is 4. The van der Waals surface area contributed by atoms with Gasteiger partial charge in [0.2, 0.25) is 11.9 Å². The van der Waals surface area contributed by atoms with Crippen LogP contribution in [0.1, 0.15) is 18.2 Å². The molecule has 1 heterocycles. The van der Waals surface area contributed by atoms with Gasteiger partial charge in [0.25, 0.3) is 15.6 Å². The fourth-order valence-corrected chi connectivity index (χ4v) is 5.16. The molecule has 1 amide bonds. The number of aromatic nitrogens is 1. The van der Waals surface area contributed by atoms with Crippen molar-refractivity contribution in [2.45, 2.75) is 24.3 Å². The number of aryl methyl sites for hydroxylation is 1. The molecule has 192 valence electrons. The fraction of sp³-hybridized carbons (Fsp3) is 0.261. The first-order valence-electron chi connectivity index (χ1n) is 10.9. The van der Waals surface area contributed by atoms with Crippen molar-refractivity contribution >= 4 is 44.0 Å². The highest BCUT2D eigenvalue weighted by molar-refractivity contribution is 7.93. The Labute approximate surface area is 208 Å². The van der Waals surface area contributed by atoms with Crippen LogP contribution in [0.4, 0.5) is 11.4 Å². The van der Waals surface area contributed by atoms with E-state index in [1.807, 2.05) is 31.1 Å². The monoisotopic (exact) mass is 515 g/mol. The summed E-state index contributed by atoms with van der Waals surface area (Å²) < 4.78 is 30.3. The number of primary amides is 1. The first kappa shape index (κ1) is 26.3. The van der Waals surface area contributed by atoms with Crippen LogP contribution in [0.2, 0.25) is 0 Å². The molecular weight excluding hydrogens is 486 g/mol. The second-order valence-electron chi connectivity index (χ2n) is 8.25. The lowest BCUT2D eigenvalue weighted by molar-refractivity contribution is -0.121. The smallest absolute Gasteiger partial charge is 0.275 e. The molecule has 1 aromatic heterocycles. The van der Waals surface area contributed by atoms with Crippen molar-refractivity contribution in [2.24, 2.45) is 22.4 Å². The van der Waals surface area contributed by atoms with E-state index in [0.717, 1.165) is 15.6 Å². The zero-order valence-electron chi connectivity index (χ0n) is 20.1. The minimum absolute atomic E-state index is 0.00677. The first-order valence-corrected chi connectivity index (χ1v) is 12.4. The number of pyridine rings is 1. The number of carbonyl (C=O) groups is 1. The highest BCUT2D eigenvalue weighted by Crippen LogP contribution is 2.31. The van der Waals surface area contributed by atoms with Crippen molar-refractivity contribution in [3.8, 4) is 0 Å². The lowest BCUT2D eigenvalue weighted by Gasteiger charge is -2.20. The SMILES string of the molecule is Cc1ccc(NS(=O)(=O)c2cccc3c(N(C)C)cccc23)c(=O)n1C(CCON=C(N)N)C(N)=O. The lowest BCUT2D eigenvalue weighted by atomic mass is 10.1. The number of nitrogens with two attached hydrogens (primary N) is 3. The molecule has 1 atom stereocenters. The van der Waals surface area contributed by atoms with Crippen LogP contribution < -0.4 is 32.4 Å². The van der Waals surface area contributed by atoms with E-state index in [1.54, 1.807) is 25.1 Å². The molecule has 0 aliphatic carbocycles. The Hall–Kier alpha value is -4.26. The zero-order chi connectivity index (χ0) is 26.6. The predicted molar refractivity (Wildman–Crippen MR) is 139 cm³/mol. The highest BCUT2D eigenvalue weighted by atomic mass is 32.2. The van der Waals surface area contributed by atoms with Crippen molar-refractivity contribution in [3.05, 3.63) is 64.6 Å². The topological polar surface area (TPSA) is 188 Å². The number of anilines is 2. The number of guanidine groups is 1. The summed E-state index contributed by atoms with van der Waals surface area (Å²) in [4.78, 5) is 32.3. The van der Waals surface area contributed by atoms with E-state index in [-0.39, 0.29) is 29.6 Å². The molecule has 0 fully saturated rings. The summed E-state index contributed by atoms with van der Waals surface area (Å²) in [5, 5.41) is 4.61. The lowest BCUT2D eigenvalue weighted by Crippen LogP contribution is -2.37. The minimum Gasteiger partial charge on any atom is -0.393 e. The molecule has 0 saturated heterocycles. The van der Waals surface area contributed by atoms with Crippen LogP contribution in [0.5, 0.6) is 0 Å². The number of nitrogens with one attached hydrogen (secondary N) is 1. The zero-order valence-corrected chi connectivity index (χ0v) is 21.0. The number of fused-ring (bicyclic) bond motifs is 1. The minimum atomic E-state index is -4.18.